The predicted molar refractivity (Wildman–Crippen MR) is 65.2 cm³/mol. The molecule has 0 N–H and O–H groups in total. The van der Waals surface area contributed by atoms with Crippen LogP contribution < -0.4 is 0 Å². The molecule has 1 aromatic rings. The van der Waals surface area contributed by atoms with Crippen molar-refractivity contribution in [2.75, 3.05) is 0 Å². The minimum Gasteiger partial charge on any atom is -0.430 e. The lowest BCUT2D eigenvalue weighted by atomic mass is 10.1. The summed E-state index contributed by atoms with van der Waals surface area (Å²) in [5.74, 6) is 0. The van der Waals surface area contributed by atoms with E-state index < -0.39 is 5.56 Å². The summed E-state index contributed by atoms with van der Waals surface area (Å²) in [6.45, 7) is 2.77. The van der Waals surface area contributed by atoms with E-state index in [2.05, 4.69) is 15.9 Å². The monoisotopic (exact) mass is 303 g/mol. The van der Waals surface area contributed by atoms with Gasteiger partial charge in [-0.05, 0) is 24.1 Å². The predicted octanol–water partition coefficient (Wildman–Crippen LogP) is 3.49. The highest BCUT2D eigenvalue weighted by Gasteiger charge is 2.26. The van der Waals surface area contributed by atoms with Gasteiger partial charge in [0.2, 0.25) is 0 Å². The Morgan fingerprint density at radius 2 is 2.31 bits per heavy atom. The summed E-state index contributed by atoms with van der Waals surface area (Å²) >= 11 is 9.08. The van der Waals surface area contributed by atoms with Crippen LogP contribution in [0.3, 0.4) is 0 Å². The van der Waals surface area contributed by atoms with Gasteiger partial charge < -0.3 is 4.74 Å². The zero-order valence-electron chi connectivity index (χ0n) is 8.74. The number of ether oxygens (including phenoxy) is 1. The molecule has 5 heteroatoms. The van der Waals surface area contributed by atoms with E-state index in [4.69, 9.17) is 16.3 Å². The molecule has 0 bridgehead atoms. The van der Waals surface area contributed by atoms with Crippen molar-refractivity contribution in [2.24, 2.45) is 0 Å². The number of hydrogen-bond donors (Lipinski definition) is 0. The van der Waals surface area contributed by atoms with Gasteiger partial charge in [-0.2, -0.15) is 0 Å². The SMILES string of the molecule is C[C@H](Cl)OC(=O)N1Cc2cccc(Br)c2C1. The quantitative estimate of drug-likeness (QED) is 0.743. The van der Waals surface area contributed by atoms with E-state index in [0.717, 1.165) is 15.6 Å². The van der Waals surface area contributed by atoms with Crippen LogP contribution >= 0.6 is 27.5 Å². The third kappa shape index (κ3) is 2.33. The first-order valence-electron chi connectivity index (χ1n) is 4.94. The van der Waals surface area contributed by atoms with Gasteiger partial charge >= 0.3 is 6.09 Å². The third-order valence-electron chi connectivity index (χ3n) is 2.45. The molecule has 0 unspecified atom stereocenters. The Morgan fingerprint density at radius 3 is 2.94 bits per heavy atom. The molecule has 1 aromatic carbocycles. The second-order valence-corrected chi connectivity index (χ2v) is 5.13. The molecule has 0 fully saturated rings. The Morgan fingerprint density at radius 1 is 1.56 bits per heavy atom. The Kier molecular flexibility index (Phi) is 3.40. The van der Waals surface area contributed by atoms with Crippen LogP contribution in [-0.2, 0) is 17.8 Å². The van der Waals surface area contributed by atoms with Crippen LogP contribution in [0, 0.1) is 0 Å². The summed E-state index contributed by atoms with van der Waals surface area (Å²) in [7, 11) is 0. The molecule has 16 heavy (non-hydrogen) atoms. The van der Waals surface area contributed by atoms with E-state index in [1.807, 2.05) is 18.2 Å². The van der Waals surface area contributed by atoms with Gasteiger partial charge in [-0.3, -0.25) is 4.90 Å². The van der Waals surface area contributed by atoms with Crippen molar-refractivity contribution in [3.8, 4) is 0 Å². The van der Waals surface area contributed by atoms with E-state index in [9.17, 15) is 4.79 Å². The summed E-state index contributed by atoms with van der Waals surface area (Å²) in [6, 6.07) is 5.94. The van der Waals surface area contributed by atoms with Gasteiger partial charge in [-0.15, -0.1) is 0 Å². The standard InChI is InChI=1S/C11H11BrClNO2/c1-7(13)16-11(15)14-5-8-3-2-4-10(12)9(8)6-14/h2-4,7H,5-6H2,1H3/t7-/m1/s1. The maximum atomic E-state index is 11.6. The minimum atomic E-state index is -0.598. The zero-order valence-corrected chi connectivity index (χ0v) is 11.1. The van der Waals surface area contributed by atoms with Gasteiger partial charge in [0.05, 0.1) is 6.54 Å². The fraction of sp³-hybridized carbons (Fsp3) is 0.364. The Hall–Kier alpha value is -0.740. The number of hydrogen-bond acceptors (Lipinski definition) is 2. The molecule has 0 aliphatic carbocycles. The maximum Gasteiger partial charge on any atom is 0.411 e. The molecule has 2 rings (SSSR count). The van der Waals surface area contributed by atoms with Crippen molar-refractivity contribution in [1.82, 2.24) is 4.90 Å². The second kappa shape index (κ2) is 4.63. The van der Waals surface area contributed by atoms with Crippen LogP contribution in [0.5, 0.6) is 0 Å². The highest BCUT2D eigenvalue weighted by Crippen LogP contribution is 2.29. The number of rotatable bonds is 1. The van der Waals surface area contributed by atoms with Crippen molar-refractivity contribution >= 4 is 33.6 Å². The number of carbonyl (C=O) groups excluding carboxylic acids is 1. The van der Waals surface area contributed by atoms with Crippen molar-refractivity contribution in [2.45, 2.75) is 25.6 Å². The minimum absolute atomic E-state index is 0.370. The number of fused-ring (bicyclic) bond motifs is 1. The molecule has 3 nitrogen and oxygen atoms in total. The van der Waals surface area contributed by atoms with Gasteiger partial charge in [0.25, 0.3) is 0 Å². The second-order valence-electron chi connectivity index (χ2n) is 3.66. The lowest BCUT2D eigenvalue weighted by Gasteiger charge is -2.16. The van der Waals surface area contributed by atoms with E-state index in [0.29, 0.717) is 13.1 Å². The first kappa shape index (κ1) is 11.7. The van der Waals surface area contributed by atoms with Crippen molar-refractivity contribution in [3.05, 3.63) is 33.8 Å². The van der Waals surface area contributed by atoms with E-state index in [-0.39, 0.29) is 6.09 Å². The van der Waals surface area contributed by atoms with Crippen LogP contribution in [0.2, 0.25) is 0 Å². The highest BCUT2D eigenvalue weighted by atomic mass is 79.9. The number of benzene rings is 1. The highest BCUT2D eigenvalue weighted by molar-refractivity contribution is 9.10. The van der Waals surface area contributed by atoms with Gasteiger partial charge in [-0.1, -0.05) is 39.7 Å². The fourth-order valence-electron chi connectivity index (χ4n) is 1.72. The first-order chi connectivity index (χ1) is 7.58. The van der Waals surface area contributed by atoms with Crippen molar-refractivity contribution in [3.63, 3.8) is 0 Å². The summed E-state index contributed by atoms with van der Waals surface area (Å²) in [4.78, 5) is 13.3. The smallest absolute Gasteiger partial charge is 0.411 e. The Bertz CT molecular complexity index is 422. The topological polar surface area (TPSA) is 29.5 Å². The summed E-state index contributed by atoms with van der Waals surface area (Å²) in [5.41, 5.74) is 1.69. The van der Waals surface area contributed by atoms with E-state index in [1.54, 1.807) is 11.8 Å². The third-order valence-corrected chi connectivity index (χ3v) is 3.28. The van der Waals surface area contributed by atoms with E-state index >= 15 is 0 Å². The molecular weight excluding hydrogens is 293 g/mol. The molecule has 1 aliphatic rings. The summed E-state index contributed by atoms with van der Waals surface area (Å²) in [5, 5.41) is 0. The molecule has 1 aliphatic heterocycles. The normalized spacial score (nSPS) is 15.8. The summed E-state index contributed by atoms with van der Waals surface area (Å²) in [6.07, 6.45) is -0.370. The molecule has 1 atom stereocenters. The largest absolute Gasteiger partial charge is 0.430 e. The number of amides is 1. The molecule has 0 saturated heterocycles. The van der Waals surface area contributed by atoms with Crippen LogP contribution in [-0.4, -0.2) is 16.6 Å². The molecule has 0 spiro atoms. The summed E-state index contributed by atoms with van der Waals surface area (Å²) < 4.78 is 5.97. The molecule has 1 amide bonds. The Balaban J connectivity index is 2.11. The molecular formula is C11H11BrClNO2. The maximum absolute atomic E-state index is 11.6. The van der Waals surface area contributed by atoms with Crippen LogP contribution in [0.25, 0.3) is 0 Å². The van der Waals surface area contributed by atoms with Crippen LogP contribution in [0.4, 0.5) is 4.79 Å². The molecule has 0 aromatic heterocycles. The van der Waals surface area contributed by atoms with Crippen molar-refractivity contribution in [1.29, 1.82) is 0 Å². The molecule has 0 saturated carbocycles. The van der Waals surface area contributed by atoms with Gasteiger partial charge in [0.15, 0.2) is 5.56 Å². The van der Waals surface area contributed by atoms with Crippen LogP contribution in [0.1, 0.15) is 18.1 Å². The van der Waals surface area contributed by atoms with Crippen LogP contribution in [0.15, 0.2) is 22.7 Å². The number of carbonyl (C=O) groups is 1. The fourth-order valence-corrected chi connectivity index (χ4v) is 2.33. The van der Waals surface area contributed by atoms with Crippen molar-refractivity contribution < 1.29 is 9.53 Å². The molecule has 1 heterocycles. The van der Waals surface area contributed by atoms with Gasteiger partial charge in [0.1, 0.15) is 0 Å². The Labute approximate surface area is 107 Å². The zero-order chi connectivity index (χ0) is 11.7. The average Bonchev–Trinajstić information content (AvgIpc) is 2.61. The number of halogens is 2. The lowest BCUT2D eigenvalue weighted by Crippen LogP contribution is -2.27. The van der Waals surface area contributed by atoms with E-state index in [1.165, 1.54) is 0 Å². The number of alkyl halides is 1. The van der Waals surface area contributed by atoms with Gasteiger partial charge in [0, 0.05) is 11.0 Å². The first-order valence-corrected chi connectivity index (χ1v) is 6.17. The lowest BCUT2D eigenvalue weighted by molar-refractivity contribution is 0.0950. The number of nitrogens with zero attached hydrogens (tertiary/aromatic N) is 1. The molecule has 0 radical (unpaired) electrons. The van der Waals surface area contributed by atoms with Gasteiger partial charge in [-0.25, -0.2) is 4.79 Å². The molecule has 86 valence electrons. The average molecular weight is 305 g/mol.